The van der Waals surface area contributed by atoms with E-state index in [-0.39, 0.29) is 0 Å². The number of hydrogen-bond acceptors (Lipinski definition) is 10. The molecule has 0 spiro atoms. The fourth-order valence-electron chi connectivity index (χ4n) is 2.08. The molecule has 0 aliphatic rings. The summed E-state index contributed by atoms with van der Waals surface area (Å²) in [7, 11) is 0. The molecule has 2 N–H and O–H groups in total. The molecule has 0 bridgehead atoms. The lowest BCUT2D eigenvalue weighted by Crippen LogP contribution is -2.22. The first-order valence-electron chi connectivity index (χ1n) is 6.96. The van der Waals surface area contributed by atoms with Gasteiger partial charge in [0.1, 0.15) is 0 Å². The maximum atomic E-state index is 10.9. The van der Waals surface area contributed by atoms with E-state index in [0.29, 0.717) is 43.0 Å². The standard InChI is InChI=1S/2C7H5N3O3/c11-8-4-5-1-2-7-6(3-5)9-13-10(7)12;11-8-4-5-1-2-6-7(3-5)10(12)13-9-6/h2*1-4,11H/b2*8-4+. The molecule has 0 amide bonds. The Bertz CT molecular complexity index is 1100. The Balaban J connectivity index is 0.000000151. The molecule has 0 fully saturated rings. The first kappa shape index (κ1) is 16.6. The van der Waals surface area contributed by atoms with Crippen LogP contribution in [-0.4, -0.2) is 33.2 Å². The van der Waals surface area contributed by atoms with E-state index in [0.717, 1.165) is 0 Å². The molecule has 26 heavy (non-hydrogen) atoms. The van der Waals surface area contributed by atoms with Gasteiger partial charge in [0, 0.05) is 33.6 Å². The Hall–Kier alpha value is -4.22. The van der Waals surface area contributed by atoms with Crippen LogP contribution in [0.15, 0.2) is 56.0 Å². The minimum absolute atomic E-state index is 0.296. The van der Waals surface area contributed by atoms with Crippen LogP contribution in [-0.2, 0) is 0 Å². The summed E-state index contributed by atoms with van der Waals surface area (Å²) in [4.78, 5) is 0.610. The van der Waals surface area contributed by atoms with Crippen LogP contribution in [0.2, 0.25) is 0 Å². The zero-order chi connectivity index (χ0) is 18.5. The molecule has 0 saturated carbocycles. The number of hydrogen-bond donors (Lipinski definition) is 2. The van der Waals surface area contributed by atoms with Gasteiger partial charge in [0.25, 0.3) is 0 Å². The average Bonchev–Trinajstić information content (AvgIpc) is 3.19. The van der Waals surface area contributed by atoms with Crippen LogP contribution in [0.25, 0.3) is 22.1 Å². The van der Waals surface area contributed by atoms with Crippen molar-refractivity contribution in [2.24, 2.45) is 10.3 Å². The molecule has 0 atom stereocenters. The topological polar surface area (TPSA) is 171 Å². The average molecular weight is 358 g/mol. The summed E-state index contributed by atoms with van der Waals surface area (Å²) < 4.78 is 8.70. The molecular weight excluding hydrogens is 348 g/mol. The van der Waals surface area contributed by atoms with Crippen molar-refractivity contribution in [2.45, 2.75) is 0 Å². The van der Waals surface area contributed by atoms with Crippen LogP contribution in [0.4, 0.5) is 0 Å². The summed E-state index contributed by atoms with van der Waals surface area (Å²) in [6.45, 7) is 0. The number of aromatic nitrogens is 4. The van der Waals surface area contributed by atoms with E-state index < -0.39 is 0 Å². The maximum Gasteiger partial charge on any atom is 0.249 e. The highest BCUT2D eigenvalue weighted by atomic mass is 16.8. The fraction of sp³-hybridized carbons (Fsp3) is 0. The van der Waals surface area contributed by atoms with Crippen LogP contribution in [0.3, 0.4) is 0 Å². The summed E-state index contributed by atoms with van der Waals surface area (Å²) in [6, 6.07) is 9.50. The van der Waals surface area contributed by atoms with E-state index in [4.69, 9.17) is 10.4 Å². The quantitative estimate of drug-likeness (QED) is 0.226. The van der Waals surface area contributed by atoms with Gasteiger partial charge >= 0.3 is 0 Å². The van der Waals surface area contributed by atoms with Gasteiger partial charge in [-0.05, 0) is 34.1 Å². The van der Waals surface area contributed by atoms with E-state index >= 15 is 0 Å². The van der Waals surface area contributed by atoms with E-state index in [1.807, 2.05) is 0 Å². The van der Waals surface area contributed by atoms with E-state index in [1.54, 1.807) is 24.3 Å². The van der Waals surface area contributed by atoms with Crippen LogP contribution < -0.4 is 9.81 Å². The molecule has 4 aromatic rings. The Morgan fingerprint density at radius 2 is 1.38 bits per heavy atom. The molecule has 2 heterocycles. The number of nitrogens with zero attached hydrogens (tertiary/aromatic N) is 6. The van der Waals surface area contributed by atoms with Crippen molar-refractivity contribution in [1.82, 2.24) is 10.3 Å². The van der Waals surface area contributed by atoms with Crippen molar-refractivity contribution in [1.29, 1.82) is 0 Å². The lowest BCUT2D eigenvalue weighted by atomic mass is 10.2. The van der Waals surface area contributed by atoms with Gasteiger partial charge in [-0.15, -0.1) is 0 Å². The second-order valence-electron chi connectivity index (χ2n) is 4.85. The number of benzene rings is 2. The van der Waals surface area contributed by atoms with Crippen molar-refractivity contribution in [3.05, 3.63) is 57.9 Å². The predicted molar refractivity (Wildman–Crippen MR) is 84.7 cm³/mol. The lowest BCUT2D eigenvalue weighted by Gasteiger charge is -1.88. The van der Waals surface area contributed by atoms with Crippen LogP contribution >= 0.6 is 0 Å². The Kier molecular flexibility index (Phi) is 4.56. The summed E-state index contributed by atoms with van der Waals surface area (Å²) in [5, 5.41) is 51.0. The molecule has 12 heteroatoms. The lowest BCUT2D eigenvalue weighted by molar-refractivity contribution is -0.782. The smallest absolute Gasteiger partial charge is 0.249 e. The SMILES string of the molecule is [O-][n+]1onc2cc(/C=N/O)ccc21.[O-][n+]1onc2ccc(/C=N/O)cc21. The third kappa shape index (κ3) is 3.33. The minimum Gasteiger partial charge on any atom is -0.411 e. The van der Waals surface area contributed by atoms with Gasteiger partial charge in [-0.2, -0.15) is 0 Å². The van der Waals surface area contributed by atoms with Crippen molar-refractivity contribution in [3.8, 4) is 0 Å². The van der Waals surface area contributed by atoms with Crippen LogP contribution in [0.1, 0.15) is 11.1 Å². The summed E-state index contributed by atoms with van der Waals surface area (Å²) >= 11 is 0. The normalized spacial score (nSPS) is 11.4. The number of rotatable bonds is 2. The molecule has 0 radical (unpaired) electrons. The van der Waals surface area contributed by atoms with Gasteiger partial charge in [-0.1, -0.05) is 10.3 Å². The second-order valence-corrected chi connectivity index (χ2v) is 4.85. The third-order valence-corrected chi connectivity index (χ3v) is 3.23. The highest BCUT2D eigenvalue weighted by Crippen LogP contribution is 2.09. The molecule has 0 aliphatic carbocycles. The fourth-order valence-corrected chi connectivity index (χ4v) is 2.08. The molecular formula is C14H10N6O6. The summed E-state index contributed by atoms with van der Waals surface area (Å²) in [5.41, 5.74) is 2.77. The van der Waals surface area contributed by atoms with E-state index in [1.165, 1.54) is 24.6 Å². The summed E-state index contributed by atoms with van der Waals surface area (Å²) in [6.07, 6.45) is 2.45. The first-order chi connectivity index (χ1) is 12.6. The predicted octanol–water partition coefficient (Wildman–Crippen LogP) is 0.539. The summed E-state index contributed by atoms with van der Waals surface area (Å²) in [5.74, 6) is 0. The molecule has 0 saturated heterocycles. The van der Waals surface area contributed by atoms with Gasteiger partial charge < -0.3 is 20.8 Å². The second kappa shape index (κ2) is 7.12. The van der Waals surface area contributed by atoms with Gasteiger partial charge in [-0.3, -0.25) is 9.26 Å². The minimum atomic E-state index is 0.296. The molecule has 4 rings (SSSR count). The van der Waals surface area contributed by atoms with Crippen LogP contribution in [0, 0.1) is 10.4 Å². The maximum absolute atomic E-state index is 10.9. The van der Waals surface area contributed by atoms with Crippen LogP contribution in [0.5, 0.6) is 0 Å². The Morgan fingerprint density at radius 3 is 2.08 bits per heavy atom. The van der Waals surface area contributed by atoms with Crippen molar-refractivity contribution in [3.63, 3.8) is 0 Å². The molecule has 2 aromatic carbocycles. The van der Waals surface area contributed by atoms with Crippen molar-refractivity contribution in [2.75, 3.05) is 0 Å². The van der Waals surface area contributed by atoms with E-state index in [9.17, 15) is 10.4 Å². The Labute approximate surface area is 143 Å². The highest BCUT2D eigenvalue weighted by molar-refractivity contribution is 5.85. The van der Waals surface area contributed by atoms with E-state index in [2.05, 4.69) is 29.9 Å². The first-order valence-corrected chi connectivity index (χ1v) is 6.96. The van der Waals surface area contributed by atoms with Gasteiger partial charge in [0.15, 0.2) is 0 Å². The molecule has 2 aromatic heterocycles. The molecule has 132 valence electrons. The van der Waals surface area contributed by atoms with Crippen molar-refractivity contribution < 1.29 is 29.5 Å². The van der Waals surface area contributed by atoms with Crippen molar-refractivity contribution >= 4 is 34.5 Å². The monoisotopic (exact) mass is 358 g/mol. The zero-order valence-electron chi connectivity index (χ0n) is 12.8. The number of oxime groups is 2. The van der Waals surface area contributed by atoms with Gasteiger partial charge in [-0.25, -0.2) is 0 Å². The molecule has 0 unspecified atom stereocenters. The highest BCUT2D eigenvalue weighted by Gasteiger charge is 2.09. The third-order valence-electron chi connectivity index (χ3n) is 3.23. The largest absolute Gasteiger partial charge is 0.411 e. The zero-order valence-corrected chi connectivity index (χ0v) is 12.8. The van der Waals surface area contributed by atoms with Gasteiger partial charge in [0.05, 0.1) is 12.4 Å². The van der Waals surface area contributed by atoms with Gasteiger partial charge in [0.2, 0.25) is 22.1 Å². The molecule has 12 nitrogen and oxygen atoms in total. The Morgan fingerprint density at radius 1 is 0.808 bits per heavy atom. The number of fused-ring (bicyclic) bond motifs is 2. The molecule has 0 aliphatic heterocycles.